The number of carbonyl (C=O) groups excluding carboxylic acids is 2. The third-order valence-corrected chi connectivity index (χ3v) is 4.85. The van der Waals surface area contributed by atoms with Gasteiger partial charge < -0.3 is 15.0 Å². The Morgan fingerprint density at radius 3 is 2.37 bits per heavy atom. The molecule has 1 fully saturated rings. The van der Waals surface area contributed by atoms with Gasteiger partial charge in [0, 0.05) is 12.1 Å². The zero-order valence-electron chi connectivity index (χ0n) is 15.8. The molecule has 0 saturated carbocycles. The van der Waals surface area contributed by atoms with E-state index < -0.39 is 0 Å². The van der Waals surface area contributed by atoms with E-state index in [1.807, 2.05) is 67.3 Å². The van der Waals surface area contributed by atoms with E-state index in [-0.39, 0.29) is 36.4 Å². The number of benzene rings is 2. The van der Waals surface area contributed by atoms with Gasteiger partial charge in [0.05, 0.1) is 31.2 Å². The Morgan fingerprint density at radius 1 is 1.07 bits per heavy atom. The third-order valence-electron chi connectivity index (χ3n) is 4.85. The zero-order valence-corrected chi connectivity index (χ0v) is 15.8. The van der Waals surface area contributed by atoms with Crippen LogP contribution in [0.4, 0.5) is 0 Å². The predicted octanol–water partition coefficient (Wildman–Crippen LogP) is 3.18. The molecule has 3 rings (SSSR count). The number of rotatable bonds is 5. The van der Waals surface area contributed by atoms with Gasteiger partial charge in [0.1, 0.15) is 0 Å². The summed E-state index contributed by atoms with van der Waals surface area (Å²) in [6.45, 7) is 5.08. The fourth-order valence-electron chi connectivity index (χ4n) is 3.31. The first kappa shape index (κ1) is 19.1. The van der Waals surface area contributed by atoms with Crippen LogP contribution in [0, 0.1) is 0 Å². The van der Waals surface area contributed by atoms with E-state index in [0.717, 1.165) is 5.56 Å². The van der Waals surface area contributed by atoms with Crippen LogP contribution in [0.1, 0.15) is 42.2 Å². The van der Waals surface area contributed by atoms with Crippen molar-refractivity contribution in [3.63, 3.8) is 0 Å². The van der Waals surface area contributed by atoms with Gasteiger partial charge in [-0.25, -0.2) is 0 Å². The smallest absolute Gasteiger partial charge is 0.251 e. The molecule has 1 aliphatic rings. The topological polar surface area (TPSA) is 58.6 Å². The van der Waals surface area contributed by atoms with Crippen molar-refractivity contribution < 1.29 is 14.3 Å². The summed E-state index contributed by atoms with van der Waals surface area (Å²) in [4.78, 5) is 27.5. The van der Waals surface area contributed by atoms with E-state index in [1.54, 1.807) is 12.1 Å². The summed E-state index contributed by atoms with van der Waals surface area (Å²) >= 11 is 0. The molecule has 5 heteroatoms. The number of nitrogens with zero attached hydrogens (tertiary/aromatic N) is 1. The Morgan fingerprint density at radius 2 is 1.70 bits per heavy atom. The number of hydrogen-bond donors (Lipinski definition) is 1. The lowest BCUT2D eigenvalue weighted by Crippen LogP contribution is -2.51. The Kier molecular flexibility index (Phi) is 6.24. The predicted molar refractivity (Wildman–Crippen MR) is 104 cm³/mol. The fourth-order valence-corrected chi connectivity index (χ4v) is 3.31. The van der Waals surface area contributed by atoms with Crippen molar-refractivity contribution in [2.75, 3.05) is 13.2 Å². The van der Waals surface area contributed by atoms with Crippen molar-refractivity contribution >= 4 is 11.8 Å². The van der Waals surface area contributed by atoms with Crippen molar-refractivity contribution in [3.05, 3.63) is 71.8 Å². The second-order valence-electron chi connectivity index (χ2n) is 7.05. The Hall–Kier alpha value is -2.66. The normalized spacial score (nSPS) is 20.7. The summed E-state index contributed by atoms with van der Waals surface area (Å²) in [7, 11) is 0. The van der Waals surface area contributed by atoms with Crippen LogP contribution in [0.2, 0.25) is 0 Å². The summed E-state index contributed by atoms with van der Waals surface area (Å²) < 4.78 is 5.62. The first-order chi connectivity index (χ1) is 13.0. The zero-order chi connectivity index (χ0) is 19.2. The molecule has 2 amide bonds. The van der Waals surface area contributed by atoms with Crippen LogP contribution in [0.15, 0.2) is 60.7 Å². The monoisotopic (exact) mass is 366 g/mol. The van der Waals surface area contributed by atoms with Crippen molar-refractivity contribution in [1.82, 2.24) is 10.2 Å². The summed E-state index contributed by atoms with van der Waals surface area (Å²) in [5, 5.41) is 3.03. The number of amides is 2. The van der Waals surface area contributed by atoms with E-state index in [1.165, 1.54) is 0 Å². The highest BCUT2D eigenvalue weighted by atomic mass is 16.5. The van der Waals surface area contributed by atoms with Crippen LogP contribution in [0.25, 0.3) is 0 Å². The largest absolute Gasteiger partial charge is 0.375 e. The number of nitrogens with one attached hydrogen (secondary N) is 1. The maximum absolute atomic E-state index is 13.0. The molecule has 1 N–H and O–H groups in total. The maximum atomic E-state index is 13.0. The molecule has 0 radical (unpaired) electrons. The molecule has 3 unspecified atom stereocenters. The second-order valence-corrected chi connectivity index (χ2v) is 7.05. The van der Waals surface area contributed by atoms with Crippen LogP contribution in [0.5, 0.6) is 0 Å². The highest BCUT2D eigenvalue weighted by molar-refractivity contribution is 5.94. The summed E-state index contributed by atoms with van der Waals surface area (Å²) in [5.74, 6) is -0.152. The molecule has 2 aromatic carbocycles. The Balaban J connectivity index is 1.76. The minimum Gasteiger partial charge on any atom is -0.375 e. The molecule has 1 aliphatic heterocycles. The number of carbonyl (C=O) groups is 2. The lowest BCUT2D eigenvalue weighted by molar-refractivity contribution is -0.143. The molecular formula is C22H26N2O3. The van der Waals surface area contributed by atoms with Gasteiger partial charge in [-0.05, 0) is 31.5 Å². The molecule has 0 spiro atoms. The number of hydrogen-bond acceptors (Lipinski definition) is 3. The molecular weight excluding hydrogens is 340 g/mol. The first-order valence-corrected chi connectivity index (χ1v) is 9.36. The van der Waals surface area contributed by atoms with Gasteiger partial charge >= 0.3 is 0 Å². The second kappa shape index (κ2) is 8.82. The molecule has 0 aliphatic carbocycles. The van der Waals surface area contributed by atoms with E-state index in [9.17, 15) is 9.59 Å². The third kappa shape index (κ3) is 4.95. The van der Waals surface area contributed by atoms with Gasteiger partial charge in [0.25, 0.3) is 5.91 Å². The number of morpholine rings is 1. The molecule has 0 aromatic heterocycles. The van der Waals surface area contributed by atoms with Gasteiger partial charge in [-0.15, -0.1) is 0 Å². The summed E-state index contributed by atoms with van der Waals surface area (Å²) in [6.07, 6.45) is 0.249. The maximum Gasteiger partial charge on any atom is 0.251 e. The van der Waals surface area contributed by atoms with E-state index in [0.29, 0.717) is 18.7 Å². The van der Waals surface area contributed by atoms with Gasteiger partial charge in [0.15, 0.2) is 0 Å². The molecule has 3 atom stereocenters. The summed E-state index contributed by atoms with van der Waals surface area (Å²) in [5.41, 5.74) is 1.50. The molecule has 142 valence electrons. The Labute approximate surface area is 160 Å². The van der Waals surface area contributed by atoms with Crippen molar-refractivity contribution in [2.24, 2.45) is 0 Å². The minimum atomic E-state index is -0.378. The molecule has 1 saturated heterocycles. The van der Waals surface area contributed by atoms with Crippen LogP contribution in [0.3, 0.4) is 0 Å². The summed E-state index contributed by atoms with van der Waals surface area (Å²) in [6, 6.07) is 18.4. The van der Waals surface area contributed by atoms with Crippen molar-refractivity contribution in [3.8, 4) is 0 Å². The van der Waals surface area contributed by atoms with Gasteiger partial charge in [0.2, 0.25) is 5.91 Å². The lowest BCUT2D eigenvalue weighted by atomic mass is 10.0. The average Bonchev–Trinajstić information content (AvgIpc) is 2.70. The van der Waals surface area contributed by atoms with Crippen molar-refractivity contribution in [2.45, 2.75) is 38.5 Å². The van der Waals surface area contributed by atoms with Crippen LogP contribution >= 0.6 is 0 Å². The van der Waals surface area contributed by atoms with Gasteiger partial charge in [-0.2, -0.15) is 0 Å². The lowest BCUT2D eigenvalue weighted by Gasteiger charge is -2.37. The van der Waals surface area contributed by atoms with Crippen LogP contribution in [-0.4, -0.2) is 42.0 Å². The highest BCUT2D eigenvalue weighted by Crippen LogP contribution is 2.21. The van der Waals surface area contributed by atoms with E-state index in [2.05, 4.69) is 5.32 Å². The first-order valence-electron chi connectivity index (χ1n) is 9.36. The average molecular weight is 366 g/mol. The molecule has 1 heterocycles. The molecule has 0 bridgehead atoms. The van der Waals surface area contributed by atoms with E-state index in [4.69, 9.17) is 4.74 Å². The Bertz CT molecular complexity index is 764. The van der Waals surface area contributed by atoms with E-state index >= 15 is 0 Å². The quantitative estimate of drug-likeness (QED) is 0.884. The molecule has 27 heavy (non-hydrogen) atoms. The number of ether oxygens (including phenoxy) is 1. The van der Waals surface area contributed by atoms with Crippen molar-refractivity contribution in [1.29, 1.82) is 0 Å². The molecule has 2 aromatic rings. The molecule has 5 nitrogen and oxygen atoms in total. The van der Waals surface area contributed by atoms with Gasteiger partial charge in [-0.1, -0.05) is 48.5 Å². The fraction of sp³-hybridized carbons (Fsp3) is 0.364. The SMILES string of the molecule is CC1CN(C(=O)CC(NC(=O)c2ccccc2)c2ccccc2)C(C)CO1. The van der Waals surface area contributed by atoms with Crippen LogP contribution < -0.4 is 5.32 Å². The highest BCUT2D eigenvalue weighted by Gasteiger charge is 2.29. The van der Waals surface area contributed by atoms with Gasteiger partial charge in [-0.3, -0.25) is 9.59 Å². The standard InChI is InChI=1S/C22H26N2O3/c1-16-15-27-17(2)14-24(16)21(25)13-20(18-9-5-3-6-10-18)23-22(26)19-11-7-4-8-12-19/h3-12,16-17,20H,13-15H2,1-2H3,(H,23,26). The van der Waals surface area contributed by atoms with Crippen LogP contribution in [-0.2, 0) is 9.53 Å². The minimum absolute atomic E-state index is 0.0271.